The zero-order chi connectivity index (χ0) is 19.8. The summed E-state index contributed by atoms with van der Waals surface area (Å²) in [5, 5.41) is 0. The second kappa shape index (κ2) is 5.85. The van der Waals surface area contributed by atoms with E-state index in [0.717, 1.165) is 23.8 Å². The third-order valence-corrected chi connectivity index (χ3v) is 7.31. The summed E-state index contributed by atoms with van der Waals surface area (Å²) in [4.78, 5) is 0. The Morgan fingerprint density at radius 2 is 0.889 bits per heavy atom. The highest BCUT2D eigenvalue weighted by atomic mass is 16.7. The molecule has 146 valence electrons. The standard InChI is InChI=1S/C21H32B2O4/c1-18(2)19(3,4)25-22(24-18)16-12-14-10-9-11-15(14)13-17(16)23-26-20(5,6)21(7,8)27-23/h12-13H,9-11H2,1-8H3. The van der Waals surface area contributed by atoms with Crippen LogP contribution in [0.15, 0.2) is 12.1 Å². The van der Waals surface area contributed by atoms with E-state index in [2.05, 4.69) is 67.5 Å². The fraction of sp³-hybridized carbons (Fsp3) is 0.714. The van der Waals surface area contributed by atoms with Crippen LogP contribution in [0.5, 0.6) is 0 Å². The van der Waals surface area contributed by atoms with Crippen molar-refractivity contribution in [1.29, 1.82) is 0 Å². The maximum atomic E-state index is 6.38. The normalized spacial score (nSPS) is 27.3. The molecule has 0 atom stereocenters. The van der Waals surface area contributed by atoms with Crippen molar-refractivity contribution >= 4 is 25.2 Å². The summed E-state index contributed by atoms with van der Waals surface area (Å²) in [5.41, 5.74) is 3.42. The van der Waals surface area contributed by atoms with Gasteiger partial charge in [0.2, 0.25) is 0 Å². The molecule has 6 heteroatoms. The number of rotatable bonds is 2. The van der Waals surface area contributed by atoms with E-state index in [1.54, 1.807) is 0 Å². The van der Waals surface area contributed by atoms with Gasteiger partial charge in [-0.3, -0.25) is 0 Å². The lowest BCUT2D eigenvalue weighted by Crippen LogP contribution is -2.52. The summed E-state index contributed by atoms with van der Waals surface area (Å²) in [6.45, 7) is 16.7. The van der Waals surface area contributed by atoms with Gasteiger partial charge in [0.1, 0.15) is 0 Å². The second-order valence-corrected chi connectivity index (χ2v) is 10.3. The Balaban J connectivity index is 1.77. The molecule has 0 N–H and O–H groups in total. The van der Waals surface area contributed by atoms with Crippen molar-refractivity contribution in [2.24, 2.45) is 0 Å². The first kappa shape index (κ1) is 19.5. The molecule has 0 radical (unpaired) electrons. The van der Waals surface area contributed by atoms with E-state index >= 15 is 0 Å². The van der Waals surface area contributed by atoms with E-state index in [9.17, 15) is 0 Å². The third kappa shape index (κ3) is 3.00. The predicted octanol–water partition coefficient (Wildman–Crippen LogP) is 2.77. The molecular weight excluding hydrogens is 338 g/mol. The van der Waals surface area contributed by atoms with Crippen molar-refractivity contribution in [3.63, 3.8) is 0 Å². The number of hydrogen-bond donors (Lipinski definition) is 0. The molecule has 0 saturated carbocycles. The van der Waals surface area contributed by atoms with Crippen LogP contribution in [0, 0.1) is 0 Å². The van der Waals surface area contributed by atoms with Crippen molar-refractivity contribution in [2.75, 3.05) is 0 Å². The Morgan fingerprint density at radius 3 is 1.19 bits per heavy atom. The molecule has 0 spiro atoms. The van der Waals surface area contributed by atoms with Crippen LogP contribution in [-0.4, -0.2) is 36.6 Å². The first-order valence-electron chi connectivity index (χ1n) is 10.2. The molecule has 2 aliphatic heterocycles. The Hall–Kier alpha value is -0.810. The summed E-state index contributed by atoms with van der Waals surface area (Å²) in [5.74, 6) is 0. The molecule has 2 heterocycles. The molecular formula is C21H32B2O4. The van der Waals surface area contributed by atoms with Crippen LogP contribution < -0.4 is 10.9 Å². The van der Waals surface area contributed by atoms with Gasteiger partial charge in [0, 0.05) is 0 Å². The summed E-state index contributed by atoms with van der Waals surface area (Å²) >= 11 is 0. The maximum Gasteiger partial charge on any atom is 0.494 e. The zero-order valence-corrected chi connectivity index (χ0v) is 18.1. The Labute approximate surface area is 164 Å². The van der Waals surface area contributed by atoms with Gasteiger partial charge in [-0.25, -0.2) is 0 Å². The summed E-state index contributed by atoms with van der Waals surface area (Å²) < 4.78 is 25.5. The Morgan fingerprint density at radius 1 is 0.593 bits per heavy atom. The molecule has 0 aromatic heterocycles. The van der Waals surface area contributed by atoms with Crippen LogP contribution in [0.1, 0.15) is 72.9 Å². The van der Waals surface area contributed by atoms with Crippen molar-refractivity contribution in [1.82, 2.24) is 0 Å². The largest absolute Gasteiger partial charge is 0.494 e. The highest BCUT2D eigenvalue weighted by Crippen LogP contribution is 2.38. The van der Waals surface area contributed by atoms with Crippen LogP contribution in [0.3, 0.4) is 0 Å². The van der Waals surface area contributed by atoms with Crippen molar-refractivity contribution in [3.05, 3.63) is 23.3 Å². The van der Waals surface area contributed by atoms with Gasteiger partial charge in [0.05, 0.1) is 22.4 Å². The summed E-state index contributed by atoms with van der Waals surface area (Å²) in [6.07, 6.45) is 3.43. The molecule has 1 aromatic carbocycles. The van der Waals surface area contributed by atoms with E-state index in [1.165, 1.54) is 17.5 Å². The van der Waals surface area contributed by atoms with Crippen molar-refractivity contribution in [3.8, 4) is 0 Å². The van der Waals surface area contributed by atoms with E-state index in [-0.39, 0.29) is 22.4 Å². The van der Waals surface area contributed by atoms with Gasteiger partial charge < -0.3 is 18.6 Å². The van der Waals surface area contributed by atoms with Crippen LogP contribution in [0.2, 0.25) is 0 Å². The monoisotopic (exact) mass is 370 g/mol. The zero-order valence-electron chi connectivity index (χ0n) is 18.1. The second-order valence-electron chi connectivity index (χ2n) is 10.3. The molecule has 0 unspecified atom stereocenters. The van der Waals surface area contributed by atoms with Gasteiger partial charge in [0.25, 0.3) is 0 Å². The fourth-order valence-electron chi connectivity index (χ4n) is 4.01. The number of aryl methyl sites for hydroxylation is 2. The van der Waals surface area contributed by atoms with Gasteiger partial charge in [-0.15, -0.1) is 0 Å². The molecule has 0 bridgehead atoms. The van der Waals surface area contributed by atoms with Crippen molar-refractivity contribution < 1.29 is 18.6 Å². The molecule has 3 aliphatic rings. The summed E-state index contributed by atoms with van der Waals surface area (Å²) in [7, 11) is -0.815. The molecule has 4 nitrogen and oxygen atoms in total. The molecule has 0 amide bonds. The first-order valence-corrected chi connectivity index (χ1v) is 10.2. The van der Waals surface area contributed by atoms with Crippen molar-refractivity contribution in [2.45, 2.75) is 97.1 Å². The minimum Gasteiger partial charge on any atom is -0.399 e. The number of hydrogen-bond acceptors (Lipinski definition) is 4. The van der Waals surface area contributed by atoms with E-state index in [1.807, 2.05) is 0 Å². The topological polar surface area (TPSA) is 36.9 Å². The quantitative estimate of drug-likeness (QED) is 0.751. The van der Waals surface area contributed by atoms with Gasteiger partial charge in [-0.05, 0) is 96.7 Å². The van der Waals surface area contributed by atoms with Crippen LogP contribution in [0.25, 0.3) is 0 Å². The van der Waals surface area contributed by atoms with Crippen LogP contribution >= 0.6 is 0 Å². The fourth-order valence-corrected chi connectivity index (χ4v) is 4.01. The van der Waals surface area contributed by atoms with Gasteiger partial charge >= 0.3 is 14.2 Å². The molecule has 2 fully saturated rings. The Bertz CT molecular complexity index is 675. The number of fused-ring (bicyclic) bond motifs is 1. The van der Waals surface area contributed by atoms with Gasteiger partial charge in [-0.1, -0.05) is 12.1 Å². The highest BCUT2D eigenvalue weighted by molar-refractivity contribution is 6.74. The van der Waals surface area contributed by atoms with E-state index in [4.69, 9.17) is 18.6 Å². The molecule has 1 aromatic rings. The number of benzene rings is 1. The van der Waals surface area contributed by atoms with Crippen LogP contribution in [0.4, 0.5) is 0 Å². The molecule has 1 aliphatic carbocycles. The molecule has 27 heavy (non-hydrogen) atoms. The summed E-state index contributed by atoms with van der Waals surface area (Å²) in [6, 6.07) is 4.54. The molecule has 2 saturated heterocycles. The van der Waals surface area contributed by atoms with E-state index in [0.29, 0.717) is 0 Å². The smallest absolute Gasteiger partial charge is 0.399 e. The first-order chi connectivity index (χ1) is 12.3. The predicted molar refractivity (Wildman–Crippen MR) is 110 cm³/mol. The lowest BCUT2D eigenvalue weighted by molar-refractivity contribution is 0.00578. The lowest BCUT2D eigenvalue weighted by Gasteiger charge is -2.32. The lowest BCUT2D eigenvalue weighted by atomic mass is 9.64. The third-order valence-electron chi connectivity index (χ3n) is 7.31. The SMILES string of the molecule is CC1(C)OB(c2cc3c(cc2B2OC(C)(C)C(C)(C)O2)CCC3)OC1(C)C. The minimum atomic E-state index is -0.407. The average molecular weight is 370 g/mol. The van der Waals surface area contributed by atoms with E-state index < -0.39 is 14.2 Å². The van der Waals surface area contributed by atoms with Gasteiger partial charge in [-0.2, -0.15) is 0 Å². The minimum absolute atomic E-state index is 0.371. The maximum absolute atomic E-state index is 6.38. The van der Waals surface area contributed by atoms with Gasteiger partial charge in [0.15, 0.2) is 0 Å². The molecule has 4 rings (SSSR count). The Kier molecular flexibility index (Phi) is 4.23. The van der Waals surface area contributed by atoms with Crippen LogP contribution in [-0.2, 0) is 31.5 Å². The average Bonchev–Trinajstić information content (AvgIpc) is 3.12. The highest BCUT2D eigenvalue weighted by Gasteiger charge is 2.56.